The van der Waals surface area contributed by atoms with Crippen LogP contribution in [0.4, 0.5) is 5.95 Å². The summed E-state index contributed by atoms with van der Waals surface area (Å²) >= 11 is 3.38. The average Bonchev–Trinajstić information content (AvgIpc) is 2.56. The number of fused-ring (bicyclic) bond motifs is 1. The van der Waals surface area contributed by atoms with Gasteiger partial charge in [-0.05, 0) is 0 Å². The van der Waals surface area contributed by atoms with E-state index in [0.717, 1.165) is 20.5 Å². The number of nitrogens with zero attached hydrogens (tertiary/aromatic N) is 3. The molecule has 2 N–H and O–H groups in total. The van der Waals surface area contributed by atoms with E-state index >= 15 is 0 Å². The topological polar surface area (TPSA) is 73.8 Å². The van der Waals surface area contributed by atoms with Gasteiger partial charge in [0.1, 0.15) is 0 Å². The van der Waals surface area contributed by atoms with Gasteiger partial charge in [-0.25, -0.2) is 4.98 Å². The second-order valence-corrected chi connectivity index (χ2v) is 4.89. The van der Waals surface area contributed by atoms with Crippen molar-refractivity contribution in [1.29, 1.82) is 0 Å². The van der Waals surface area contributed by atoms with Crippen molar-refractivity contribution >= 4 is 50.2 Å². The van der Waals surface area contributed by atoms with Crippen molar-refractivity contribution in [1.82, 2.24) is 14.5 Å². The molecule has 0 aliphatic rings. The molecule has 5 nitrogen and oxygen atoms in total. The molecular formula is C9H9IN4OS. The first-order valence-electron chi connectivity index (χ1n) is 4.55. The largest absolute Gasteiger partial charge is 0.368 e. The molecule has 0 aliphatic heterocycles. The van der Waals surface area contributed by atoms with Crippen LogP contribution < -0.4 is 10.6 Å². The summed E-state index contributed by atoms with van der Waals surface area (Å²) in [4.78, 5) is 19.6. The molecule has 16 heavy (non-hydrogen) atoms. The Kier molecular flexibility index (Phi) is 3.54. The van der Waals surface area contributed by atoms with Gasteiger partial charge in [0.15, 0.2) is 5.65 Å². The Morgan fingerprint density at radius 2 is 2.38 bits per heavy atom. The van der Waals surface area contributed by atoms with E-state index in [1.54, 1.807) is 10.8 Å². The van der Waals surface area contributed by atoms with Crippen molar-refractivity contribution in [3.8, 4) is 0 Å². The van der Waals surface area contributed by atoms with E-state index in [2.05, 4.69) is 32.6 Å². The molecule has 0 fully saturated rings. The molecule has 2 aromatic rings. The second kappa shape index (κ2) is 4.91. The molecule has 2 heterocycles. The third kappa shape index (κ3) is 2.24. The number of alkyl halides is 1. The van der Waals surface area contributed by atoms with Crippen molar-refractivity contribution in [3.63, 3.8) is 0 Å². The molecular weight excluding hydrogens is 339 g/mol. The number of allylic oxidation sites excluding steroid dienone is 2. The number of aromatic nitrogens is 3. The maximum Gasteiger partial charge on any atom is 0.309 e. The average molecular weight is 348 g/mol. The smallest absolute Gasteiger partial charge is 0.309 e. The maximum atomic E-state index is 11.7. The Labute approximate surface area is 109 Å². The Morgan fingerprint density at radius 3 is 3.12 bits per heavy atom. The van der Waals surface area contributed by atoms with Crippen LogP contribution in [0.25, 0.3) is 10.3 Å². The Balaban J connectivity index is 2.50. The van der Waals surface area contributed by atoms with Crippen LogP contribution in [0.2, 0.25) is 0 Å². The molecule has 2 aromatic heterocycles. The molecule has 0 amide bonds. The summed E-state index contributed by atoms with van der Waals surface area (Å²) in [5.74, 6) is 0.192. The summed E-state index contributed by atoms with van der Waals surface area (Å²) in [6.07, 6.45) is 5.53. The van der Waals surface area contributed by atoms with Crippen LogP contribution in [-0.2, 0) is 6.54 Å². The molecule has 0 unspecified atom stereocenters. The highest BCUT2D eigenvalue weighted by Gasteiger charge is 2.08. The molecule has 84 valence electrons. The van der Waals surface area contributed by atoms with Crippen LogP contribution in [0, 0.1) is 0 Å². The van der Waals surface area contributed by atoms with Crippen LogP contribution >= 0.6 is 33.9 Å². The van der Waals surface area contributed by atoms with E-state index < -0.39 is 0 Å². The molecule has 0 aromatic carbocycles. The van der Waals surface area contributed by atoms with Crippen molar-refractivity contribution in [2.45, 2.75) is 6.54 Å². The molecule has 0 saturated carbocycles. The van der Waals surface area contributed by atoms with Gasteiger partial charge in [-0.15, -0.1) is 0 Å². The molecule has 0 saturated heterocycles. The van der Waals surface area contributed by atoms with E-state index in [9.17, 15) is 4.79 Å². The third-order valence-corrected chi connectivity index (χ3v) is 3.38. The molecule has 0 atom stereocenters. The number of rotatable bonds is 3. The number of nitrogens with two attached hydrogens (primary N) is 1. The lowest BCUT2D eigenvalue weighted by Gasteiger charge is -1.98. The monoisotopic (exact) mass is 348 g/mol. The summed E-state index contributed by atoms with van der Waals surface area (Å²) < 4.78 is 3.29. The predicted molar refractivity (Wildman–Crippen MR) is 74.1 cm³/mol. The number of thiazole rings is 1. The number of hydrogen-bond acceptors (Lipinski definition) is 5. The van der Waals surface area contributed by atoms with Gasteiger partial charge in [0.05, 0.1) is 10.9 Å². The molecule has 2 rings (SSSR count). The summed E-state index contributed by atoms with van der Waals surface area (Å²) in [6.45, 7) is 0.526. The standard InChI is InChI=1S/C9H9IN4OS/c10-3-1-2-4-14-7-6(16-9(14)15)5-12-8(11)13-7/h1-2,5H,3-4H2,(H2,11,12,13)/b2-1+. The first-order valence-corrected chi connectivity index (χ1v) is 6.89. The quantitative estimate of drug-likeness (QED) is 0.517. The third-order valence-electron chi connectivity index (χ3n) is 1.97. The molecule has 7 heteroatoms. The lowest BCUT2D eigenvalue weighted by atomic mass is 10.5. The van der Waals surface area contributed by atoms with Gasteiger partial charge in [-0.2, -0.15) is 4.98 Å². The minimum absolute atomic E-state index is 0.0343. The zero-order chi connectivity index (χ0) is 11.5. The SMILES string of the molecule is Nc1ncc2sc(=O)n(C/C=C/CI)c2n1. The van der Waals surface area contributed by atoms with Gasteiger partial charge in [0.25, 0.3) is 0 Å². The maximum absolute atomic E-state index is 11.7. The predicted octanol–water partition coefficient (Wildman–Crippen LogP) is 1.43. The van der Waals surface area contributed by atoms with E-state index in [1.807, 2.05) is 12.2 Å². The van der Waals surface area contributed by atoms with Crippen molar-refractivity contribution in [2.24, 2.45) is 0 Å². The number of hydrogen-bond donors (Lipinski definition) is 1. The van der Waals surface area contributed by atoms with Crippen molar-refractivity contribution in [3.05, 3.63) is 28.0 Å². The van der Waals surface area contributed by atoms with Gasteiger partial charge in [-0.3, -0.25) is 9.36 Å². The van der Waals surface area contributed by atoms with Crippen molar-refractivity contribution < 1.29 is 0 Å². The number of halogens is 1. The van der Waals surface area contributed by atoms with Gasteiger partial charge in [0.2, 0.25) is 5.95 Å². The van der Waals surface area contributed by atoms with Gasteiger partial charge in [-0.1, -0.05) is 46.1 Å². The van der Waals surface area contributed by atoms with Crippen LogP contribution in [0.15, 0.2) is 23.1 Å². The number of anilines is 1. The minimum Gasteiger partial charge on any atom is -0.368 e. The van der Waals surface area contributed by atoms with Gasteiger partial charge in [0, 0.05) is 11.0 Å². The second-order valence-electron chi connectivity index (χ2n) is 3.02. The normalized spacial score (nSPS) is 11.6. The Bertz CT molecular complexity index is 589. The highest BCUT2D eigenvalue weighted by Crippen LogP contribution is 2.14. The van der Waals surface area contributed by atoms with Crippen molar-refractivity contribution in [2.75, 3.05) is 10.2 Å². The molecule has 0 bridgehead atoms. The summed E-state index contributed by atoms with van der Waals surface area (Å²) in [5.41, 5.74) is 6.12. The molecule has 0 aliphatic carbocycles. The minimum atomic E-state index is -0.0343. The van der Waals surface area contributed by atoms with Gasteiger partial charge < -0.3 is 5.73 Å². The van der Waals surface area contributed by atoms with Gasteiger partial charge >= 0.3 is 4.87 Å². The zero-order valence-electron chi connectivity index (χ0n) is 8.26. The van der Waals surface area contributed by atoms with E-state index in [1.165, 1.54) is 0 Å². The lowest BCUT2D eigenvalue weighted by Crippen LogP contribution is -2.12. The summed E-state index contributed by atoms with van der Waals surface area (Å²) in [6, 6.07) is 0. The fourth-order valence-electron chi connectivity index (χ4n) is 1.28. The fraction of sp³-hybridized carbons (Fsp3) is 0.222. The lowest BCUT2D eigenvalue weighted by molar-refractivity contribution is 0.826. The molecule has 0 spiro atoms. The highest BCUT2D eigenvalue weighted by molar-refractivity contribution is 14.1. The summed E-state index contributed by atoms with van der Waals surface area (Å²) in [5, 5.41) is 0. The van der Waals surface area contributed by atoms with E-state index in [0.29, 0.717) is 12.2 Å². The number of nitrogen functional groups attached to an aromatic ring is 1. The zero-order valence-corrected chi connectivity index (χ0v) is 11.2. The molecule has 0 radical (unpaired) electrons. The summed E-state index contributed by atoms with van der Waals surface area (Å²) in [7, 11) is 0. The van der Waals surface area contributed by atoms with Crippen LogP contribution in [0.3, 0.4) is 0 Å². The fourth-order valence-corrected chi connectivity index (χ4v) is 2.45. The first kappa shape index (κ1) is 11.5. The van der Waals surface area contributed by atoms with Crippen LogP contribution in [0.1, 0.15) is 0 Å². The van der Waals surface area contributed by atoms with Crippen LogP contribution in [-0.4, -0.2) is 19.0 Å². The Hall–Kier alpha value is -0.960. The first-order chi connectivity index (χ1) is 7.72. The highest BCUT2D eigenvalue weighted by atomic mass is 127. The van der Waals surface area contributed by atoms with E-state index in [-0.39, 0.29) is 10.8 Å². The Morgan fingerprint density at radius 1 is 1.56 bits per heavy atom. The van der Waals surface area contributed by atoms with E-state index in [4.69, 9.17) is 5.73 Å². The van der Waals surface area contributed by atoms with Crippen LogP contribution in [0.5, 0.6) is 0 Å².